The van der Waals surface area contributed by atoms with Crippen molar-refractivity contribution in [2.75, 3.05) is 18.0 Å². The Bertz CT molecular complexity index is 904. The van der Waals surface area contributed by atoms with E-state index in [4.69, 9.17) is 4.98 Å². The number of anilines is 1. The van der Waals surface area contributed by atoms with Crippen LogP contribution in [-0.4, -0.2) is 40.4 Å². The lowest BCUT2D eigenvalue weighted by Crippen LogP contribution is -2.54. The highest BCUT2D eigenvalue weighted by atomic mass is 79.9. The van der Waals surface area contributed by atoms with Gasteiger partial charge in [0, 0.05) is 40.8 Å². The van der Waals surface area contributed by atoms with E-state index in [1.165, 1.54) is 0 Å². The maximum absolute atomic E-state index is 4.95. The Labute approximate surface area is 168 Å². The fraction of sp³-hybridized carbons (Fsp3) is 0.286. The van der Waals surface area contributed by atoms with Crippen molar-refractivity contribution in [3.8, 4) is 22.6 Å². The Kier molecular flexibility index (Phi) is 5.18. The molecule has 3 aromatic rings. The second-order valence-electron chi connectivity index (χ2n) is 7.05. The summed E-state index contributed by atoms with van der Waals surface area (Å²) in [6.07, 6.45) is 0. The average Bonchev–Trinajstić information content (AvgIpc) is 2.68. The van der Waals surface area contributed by atoms with E-state index in [1.807, 2.05) is 42.5 Å². The highest BCUT2D eigenvalue weighted by Gasteiger charge is 2.26. The molecule has 0 saturated carbocycles. The van der Waals surface area contributed by atoms with Gasteiger partial charge in [-0.3, -0.25) is 0 Å². The van der Waals surface area contributed by atoms with Crippen molar-refractivity contribution in [1.29, 1.82) is 0 Å². The van der Waals surface area contributed by atoms with Crippen LogP contribution in [0.15, 0.2) is 59.1 Å². The molecule has 2 heterocycles. The normalized spacial score (nSPS) is 19.9. The van der Waals surface area contributed by atoms with Gasteiger partial charge < -0.3 is 10.2 Å². The number of aromatic nitrogens is 3. The molecule has 2 aromatic carbocycles. The molecule has 0 unspecified atom stereocenters. The monoisotopic (exact) mass is 423 g/mol. The maximum atomic E-state index is 4.95. The van der Waals surface area contributed by atoms with Crippen LogP contribution in [0, 0.1) is 0 Å². The number of nitrogens with zero attached hydrogens (tertiary/aromatic N) is 4. The third-order valence-electron chi connectivity index (χ3n) is 4.68. The van der Waals surface area contributed by atoms with Gasteiger partial charge in [0.2, 0.25) is 0 Å². The fourth-order valence-corrected chi connectivity index (χ4v) is 3.81. The zero-order valence-electron chi connectivity index (χ0n) is 15.4. The molecule has 0 aliphatic carbocycles. The summed E-state index contributed by atoms with van der Waals surface area (Å²) < 4.78 is 1.03. The van der Waals surface area contributed by atoms with Crippen LogP contribution in [0.4, 0.5) is 5.82 Å². The molecule has 4 rings (SSSR count). The van der Waals surface area contributed by atoms with E-state index < -0.39 is 0 Å². The van der Waals surface area contributed by atoms with Crippen LogP contribution in [-0.2, 0) is 0 Å². The first-order valence-corrected chi connectivity index (χ1v) is 9.96. The molecule has 1 N–H and O–H groups in total. The van der Waals surface area contributed by atoms with Crippen LogP contribution >= 0.6 is 15.9 Å². The molecule has 1 aromatic heterocycles. The molecule has 0 bridgehead atoms. The van der Waals surface area contributed by atoms with E-state index in [1.54, 1.807) is 0 Å². The number of halogens is 1. The SMILES string of the molecule is C[C@@H]1CN(c2nc(-c3ccc(Br)cc3)nnc2-c2ccccc2)C[C@@H](C)N1. The van der Waals surface area contributed by atoms with E-state index in [0.717, 1.165) is 40.2 Å². The maximum Gasteiger partial charge on any atom is 0.183 e. The van der Waals surface area contributed by atoms with E-state index in [-0.39, 0.29) is 0 Å². The first-order chi connectivity index (χ1) is 13.1. The van der Waals surface area contributed by atoms with Gasteiger partial charge in [-0.1, -0.05) is 58.4 Å². The van der Waals surface area contributed by atoms with Crippen molar-refractivity contribution in [3.63, 3.8) is 0 Å². The Balaban J connectivity index is 1.81. The number of nitrogens with one attached hydrogen (secondary N) is 1. The number of rotatable bonds is 3. The van der Waals surface area contributed by atoms with E-state index in [0.29, 0.717) is 17.9 Å². The van der Waals surface area contributed by atoms with E-state index in [9.17, 15) is 0 Å². The van der Waals surface area contributed by atoms with Crippen molar-refractivity contribution < 1.29 is 0 Å². The minimum absolute atomic E-state index is 0.392. The zero-order valence-corrected chi connectivity index (χ0v) is 17.0. The Hall–Kier alpha value is -2.31. The molecule has 0 spiro atoms. The van der Waals surface area contributed by atoms with Crippen LogP contribution in [0.5, 0.6) is 0 Å². The minimum atomic E-state index is 0.392. The molecule has 0 radical (unpaired) electrons. The summed E-state index contributed by atoms with van der Waals surface area (Å²) in [5.41, 5.74) is 2.83. The number of piperazine rings is 1. The highest BCUT2D eigenvalue weighted by molar-refractivity contribution is 9.10. The molecule has 27 heavy (non-hydrogen) atoms. The minimum Gasteiger partial charge on any atom is -0.352 e. The predicted molar refractivity (Wildman–Crippen MR) is 113 cm³/mol. The Morgan fingerprint density at radius 1 is 0.889 bits per heavy atom. The summed E-state index contributed by atoms with van der Waals surface area (Å²) in [5.74, 6) is 1.55. The standard InChI is InChI=1S/C21H22BrN5/c1-14-12-27(13-15(2)23-14)21-19(16-6-4-3-5-7-16)25-26-20(24-21)17-8-10-18(22)11-9-17/h3-11,14-15,23H,12-13H2,1-2H3/t14-,15-/m1/s1. The summed E-state index contributed by atoms with van der Waals surface area (Å²) in [6.45, 7) is 6.19. The fourth-order valence-electron chi connectivity index (χ4n) is 3.54. The molecule has 6 heteroatoms. The van der Waals surface area contributed by atoms with Gasteiger partial charge in [-0.25, -0.2) is 4.98 Å². The lowest BCUT2D eigenvalue weighted by Gasteiger charge is -2.37. The van der Waals surface area contributed by atoms with Crippen molar-refractivity contribution in [2.24, 2.45) is 0 Å². The second kappa shape index (κ2) is 7.74. The first-order valence-electron chi connectivity index (χ1n) is 9.17. The molecule has 2 atom stereocenters. The molecular formula is C21H22BrN5. The summed E-state index contributed by atoms with van der Waals surface area (Å²) in [7, 11) is 0. The van der Waals surface area contributed by atoms with Gasteiger partial charge in [-0.2, -0.15) is 0 Å². The molecule has 1 aliphatic rings. The molecule has 1 aliphatic heterocycles. The predicted octanol–water partition coefficient (Wildman–Crippen LogP) is 4.15. The van der Waals surface area contributed by atoms with Crippen LogP contribution in [0.1, 0.15) is 13.8 Å². The largest absolute Gasteiger partial charge is 0.352 e. The van der Waals surface area contributed by atoms with Gasteiger partial charge >= 0.3 is 0 Å². The smallest absolute Gasteiger partial charge is 0.183 e. The summed E-state index contributed by atoms with van der Waals surface area (Å²) in [5, 5.41) is 12.6. The molecule has 0 amide bonds. The lowest BCUT2D eigenvalue weighted by atomic mass is 10.1. The number of hydrogen-bond acceptors (Lipinski definition) is 5. The quantitative estimate of drug-likeness (QED) is 0.685. The van der Waals surface area contributed by atoms with Gasteiger partial charge in [0.05, 0.1) is 0 Å². The van der Waals surface area contributed by atoms with E-state index in [2.05, 4.69) is 62.3 Å². The van der Waals surface area contributed by atoms with Crippen LogP contribution in [0.25, 0.3) is 22.6 Å². The van der Waals surface area contributed by atoms with Gasteiger partial charge in [0.15, 0.2) is 11.6 Å². The Morgan fingerprint density at radius 3 is 2.22 bits per heavy atom. The lowest BCUT2D eigenvalue weighted by molar-refractivity contribution is 0.405. The van der Waals surface area contributed by atoms with Crippen LogP contribution < -0.4 is 10.2 Å². The summed E-state index contributed by atoms with van der Waals surface area (Å²) in [6, 6.07) is 19.0. The molecule has 1 fully saturated rings. The van der Waals surface area contributed by atoms with E-state index >= 15 is 0 Å². The number of hydrogen-bond donors (Lipinski definition) is 1. The number of benzene rings is 2. The van der Waals surface area contributed by atoms with Crippen molar-refractivity contribution >= 4 is 21.7 Å². The highest BCUT2D eigenvalue weighted by Crippen LogP contribution is 2.30. The molecule has 138 valence electrons. The molecule has 5 nitrogen and oxygen atoms in total. The van der Waals surface area contributed by atoms with Crippen molar-refractivity contribution in [1.82, 2.24) is 20.5 Å². The van der Waals surface area contributed by atoms with Crippen molar-refractivity contribution in [2.45, 2.75) is 25.9 Å². The molecular weight excluding hydrogens is 402 g/mol. The summed E-state index contributed by atoms with van der Waals surface area (Å²) in [4.78, 5) is 7.28. The topological polar surface area (TPSA) is 53.9 Å². The molecule has 1 saturated heterocycles. The third kappa shape index (κ3) is 4.01. The van der Waals surface area contributed by atoms with Gasteiger partial charge in [-0.05, 0) is 26.0 Å². The van der Waals surface area contributed by atoms with Gasteiger partial charge in [0.25, 0.3) is 0 Å². The third-order valence-corrected chi connectivity index (χ3v) is 5.20. The van der Waals surface area contributed by atoms with Crippen LogP contribution in [0.3, 0.4) is 0 Å². The van der Waals surface area contributed by atoms with Gasteiger partial charge in [-0.15, -0.1) is 10.2 Å². The van der Waals surface area contributed by atoms with Crippen molar-refractivity contribution in [3.05, 3.63) is 59.1 Å². The first kappa shape index (κ1) is 18.1. The average molecular weight is 424 g/mol. The second-order valence-corrected chi connectivity index (χ2v) is 7.97. The Morgan fingerprint density at radius 2 is 1.56 bits per heavy atom. The zero-order chi connectivity index (χ0) is 18.8. The van der Waals surface area contributed by atoms with Gasteiger partial charge in [0.1, 0.15) is 5.69 Å². The van der Waals surface area contributed by atoms with Crippen LogP contribution in [0.2, 0.25) is 0 Å². The summed E-state index contributed by atoms with van der Waals surface area (Å²) >= 11 is 3.48.